The minimum absolute atomic E-state index is 0.0210. The Bertz CT molecular complexity index is 2280. The second-order valence-corrected chi connectivity index (χ2v) is 13.6. The number of hydrogen-bond donors (Lipinski definition) is 0. The van der Waals surface area contributed by atoms with Crippen molar-refractivity contribution in [3.63, 3.8) is 0 Å². The molecule has 9 rings (SSSR count). The quantitative estimate of drug-likeness (QED) is 0.197. The van der Waals surface area contributed by atoms with Gasteiger partial charge in [0.05, 0.1) is 0 Å². The first-order chi connectivity index (χ1) is 23.5. The SMILES string of the molecule is CC1(C)c2ccccc2-c2cc3c(cc21)CCCc1cc(-c2cccc(-c4nc(-c5ccccc5)nc(-c5ccccc5)n4)c2)ccc1-3. The fourth-order valence-corrected chi connectivity index (χ4v) is 7.74. The van der Waals surface area contributed by atoms with Gasteiger partial charge in [-0.05, 0) is 87.0 Å². The molecule has 0 saturated heterocycles. The van der Waals surface area contributed by atoms with Crippen LogP contribution in [0.15, 0.2) is 140 Å². The Hall–Kier alpha value is -5.67. The molecule has 0 atom stereocenters. The normalized spacial score (nSPS) is 14.0. The van der Waals surface area contributed by atoms with Crippen LogP contribution in [0.3, 0.4) is 0 Å². The average Bonchev–Trinajstić information content (AvgIpc) is 3.24. The van der Waals surface area contributed by atoms with E-state index in [1.807, 2.05) is 60.7 Å². The standard InChI is InChI=1S/C45H35N3/c1-45(2)40-22-10-9-21-37(40)39-28-38-34(27-41(39)45)19-12-18-33-25-32(23-24-36(33)38)31-17-11-20-35(26-31)44-47-42(29-13-5-3-6-14-29)46-43(48-44)30-15-7-4-8-16-30/h3-11,13-17,20-28H,12,18-19H2,1-2H3. The van der Waals surface area contributed by atoms with E-state index in [0.717, 1.165) is 41.5 Å². The summed E-state index contributed by atoms with van der Waals surface area (Å²) in [5, 5.41) is 0. The fourth-order valence-electron chi connectivity index (χ4n) is 7.74. The number of rotatable bonds is 4. The maximum atomic E-state index is 4.97. The molecule has 0 unspecified atom stereocenters. The molecule has 0 spiro atoms. The second kappa shape index (κ2) is 11.2. The van der Waals surface area contributed by atoms with E-state index >= 15 is 0 Å². The number of nitrogens with zero attached hydrogens (tertiary/aromatic N) is 3. The lowest BCUT2D eigenvalue weighted by Gasteiger charge is -2.22. The van der Waals surface area contributed by atoms with Crippen LogP contribution in [0.25, 0.3) is 67.5 Å². The zero-order valence-corrected chi connectivity index (χ0v) is 27.2. The molecular weight excluding hydrogens is 583 g/mol. The summed E-state index contributed by atoms with van der Waals surface area (Å²) in [6.45, 7) is 4.74. The van der Waals surface area contributed by atoms with Crippen LogP contribution in [-0.2, 0) is 18.3 Å². The Morgan fingerprint density at radius 3 is 1.67 bits per heavy atom. The summed E-state index contributed by atoms with van der Waals surface area (Å²) >= 11 is 0. The first-order valence-corrected chi connectivity index (χ1v) is 16.9. The van der Waals surface area contributed by atoms with E-state index in [4.69, 9.17) is 15.0 Å². The highest BCUT2D eigenvalue weighted by atomic mass is 15.0. The first kappa shape index (κ1) is 28.5. The molecule has 0 radical (unpaired) electrons. The van der Waals surface area contributed by atoms with E-state index in [0.29, 0.717) is 17.5 Å². The lowest BCUT2D eigenvalue weighted by Crippen LogP contribution is -2.15. The lowest BCUT2D eigenvalue weighted by molar-refractivity contribution is 0.659. The average molecular weight is 618 g/mol. The monoisotopic (exact) mass is 617 g/mol. The first-order valence-electron chi connectivity index (χ1n) is 16.9. The van der Waals surface area contributed by atoms with Crippen molar-refractivity contribution in [3.8, 4) is 67.5 Å². The molecule has 2 aliphatic carbocycles. The van der Waals surface area contributed by atoms with E-state index in [1.54, 1.807) is 0 Å². The minimum atomic E-state index is 0.0210. The van der Waals surface area contributed by atoms with Crippen molar-refractivity contribution in [1.82, 2.24) is 15.0 Å². The number of hydrogen-bond acceptors (Lipinski definition) is 3. The van der Waals surface area contributed by atoms with Crippen LogP contribution in [-0.4, -0.2) is 15.0 Å². The van der Waals surface area contributed by atoms with E-state index in [1.165, 1.54) is 50.1 Å². The Labute approximate surface area is 282 Å². The molecule has 0 aliphatic heterocycles. The predicted molar refractivity (Wildman–Crippen MR) is 197 cm³/mol. The molecule has 48 heavy (non-hydrogen) atoms. The summed E-state index contributed by atoms with van der Waals surface area (Å²) in [6.07, 6.45) is 3.31. The zero-order chi connectivity index (χ0) is 32.2. The Kier molecular flexibility index (Phi) is 6.69. The van der Waals surface area contributed by atoms with Gasteiger partial charge in [-0.15, -0.1) is 0 Å². The zero-order valence-electron chi connectivity index (χ0n) is 27.2. The van der Waals surface area contributed by atoms with E-state index < -0.39 is 0 Å². The Morgan fingerprint density at radius 1 is 0.396 bits per heavy atom. The number of benzene rings is 6. The van der Waals surface area contributed by atoms with Crippen molar-refractivity contribution in [2.75, 3.05) is 0 Å². The third-order valence-corrected chi connectivity index (χ3v) is 10.2. The van der Waals surface area contributed by atoms with Crippen LogP contribution in [0.5, 0.6) is 0 Å². The molecule has 0 amide bonds. The van der Waals surface area contributed by atoms with Crippen molar-refractivity contribution in [1.29, 1.82) is 0 Å². The van der Waals surface area contributed by atoms with Crippen molar-refractivity contribution in [3.05, 3.63) is 162 Å². The molecule has 7 aromatic rings. The summed E-state index contributed by atoms with van der Waals surface area (Å²) in [6, 6.07) is 49.9. The highest BCUT2D eigenvalue weighted by Gasteiger charge is 2.36. The van der Waals surface area contributed by atoms with Crippen molar-refractivity contribution in [2.45, 2.75) is 38.5 Å². The van der Waals surface area contributed by atoms with Crippen LogP contribution in [0, 0.1) is 0 Å². The predicted octanol–water partition coefficient (Wildman–Crippen LogP) is 11.0. The summed E-state index contributed by atoms with van der Waals surface area (Å²) < 4.78 is 0. The van der Waals surface area contributed by atoms with E-state index in [9.17, 15) is 0 Å². The maximum absolute atomic E-state index is 4.97. The molecule has 0 bridgehead atoms. The van der Waals surface area contributed by atoms with Crippen molar-refractivity contribution < 1.29 is 0 Å². The fraction of sp³-hybridized carbons (Fsp3) is 0.133. The molecule has 6 aromatic carbocycles. The highest BCUT2D eigenvalue weighted by molar-refractivity contribution is 5.87. The van der Waals surface area contributed by atoms with Gasteiger partial charge in [-0.2, -0.15) is 0 Å². The molecule has 0 fully saturated rings. The van der Waals surface area contributed by atoms with Gasteiger partial charge in [-0.25, -0.2) is 15.0 Å². The van der Waals surface area contributed by atoms with Gasteiger partial charge < -0.3 is 0 Å². The molecule has 2 aliphatic rings. The largest absolute Gasteiger partial charge is 0.208 e. The lowest BCUT2D eigenvalue weighted by atomic mass is 9.81. The van der Waals surface area contributed by atoms with Crippen LogP contribution >= 0.6 is 0 Å². The van der Waals surface area contributed by atoms with E-state index in [-0.39, 0.29) is 5.41 Å². The topological polar surface area (TPSA) is 38.7 Å². The smallest absolute Gasteiger partial charge is 0.164 e. The van der Waals surface area contributed by atoms with Crippen LogP contribution in [0.2, 0.25) is 0 Å². The molecule has 0 N–H and O–H groups in total. The van der Waals surface area contributed by atoms with Gasteiger partial charge in [-0.1, -0.05) is 141 Å². The maximum Gasteiger partial charge on any atom is 0.164 e. The number of fused-ring (bicyclic) bond motifs is 6. The van der Waals surface area contributed by atoms with Gasteiger partial charge in [0.25, 0.3) is 0 Å². The van der Waals surface area contributed by atoms with E-state index in [2.05, 4.69) is 92.7 Å². The van der Waals surface area contributed by atoms with Crippen LogP contribution in [0.1, 0.15) is 42.5 Å². The summed E-state index contributed by atoms with van der Waals surface area (Å²) in [5.41, 5.74) is 16.6. The van der Waals surface area contributed by atoms with Crippen LogP contribution in [0.4, 0.5) is 0 Å². The molecule has 3 heteroatoms. The molecule has 0 saturated carbocycles. The number of aromatic nitrogens is 3. The van der Waals surface area contributed by atoms with Gasteiger partial charge in [0, 0.05) is 22.1 Å². The van der Waals surface area contributed by atoms with Gasteiger partial charge in [0.15, 0.2) is 17.5 Å². The van der Waals surface area contributed by atoms with Crippen molar-refractivity contribution in [2.24, 2.45) is 0 Å². The molecule has 1 heterocycles. The molecule has 230 valence electrons. The molecular formula is C45H35N3. The molecule has 1 aromatic heterocycles. The highest BCUT2D eigenvalue weighted by Crippen LogP contribution is 2.51. The third-order valence-electron chi connectivity index (χ3n) is 10.2. The van der Waals surface area contributed by atoms with Gasteiger partial charge in [0.2, 0.25) is 0 Å². The summed E-state index contributed by atoms with van der Waals surface area (Å²) in [4.78, 5) is 14.8. The van der Waals surface area contributed by atoms with Gasteiger partial charge >= 0.3 is 0 Å². The van der Waals surface area contributed by atoms with Gasteiger partial charge in [-0.3, -0.25) is 0 Å². The van der Waals surface area contributed by atoms with Crippen LogP contribution < -0.4 is 0 Å². The summed E-state index contributed by atoms with van der Waals surface area (Å²) in [7, 11) is 0. The summed E-state index contributed by atoms with van der Waals surface area (Å²) in [5.74, 6) is 2.02. The molecule has 3 nitrogen and oxygen atoms in total. The number of aryl methyl sites for hydroxylation is 2. The minimum Gasteiger partial charge on any atom is -0.208 e. The third kappa shape index (κ3) is 4.77. The Morgan fingerprint density at radius 2 is 0.958 bits per heavy atom. The Balaban J connectivity index is 1.12. The second-order valence-electron chi connectivity index (χ2n) is 13.6. The van der Waals surface area contributed by atoms with Crippen molar-refractivity contribution >= 4 is 0 Å². The van der Waals surface area contributed by atoms with Gasteiger partial charge in [0.1, 0.15) is 0 Å².